The Labute approximate surface area is 104 Å². The smallest absolute Gasteiger partial charge is 0.250 e. The molecule has 0 atom stereocenters. The quantitative estimate of drug-likeness (QED) is 0.837. The first-order chi connectivity index (χ1) is 8.19. The maximum atomic E-state index is 11.6. The van der Waals surface area contributed by atoms with Crippen molar-refractivity contribution in [3.05, 3.63) is 63.5 Å². The van der Waals surface area contributed by atoms with Gasteiger partial charge in [0.25, 0.3) is 5.56 Å². The largest absolute Gasteiger partial charge is 0.497 e. The van der Waals surface area contributed by atoms with Crippen LogP contribution in [0.1, 0.15) is 5.56 Å². The molecular formula is C13H12ClNO2. The third kappa shape index (κ3) is 2.88. The number of ether oxygens (including phenoxy) is 1. The molecule has 0 fully saturated rings. The molecule has 4 heteroatoms. The van der Waals surface area contributed by atoms with Gasteiger partial charge in [-0.2, -0.15) is 0 Å². The fourth-order valence-corrected chi connectivity index (χ4v) is 1.73. The van der Waals surface area contributed by atoms with Crippen LogP contribution in [0.5, 0.6) is 5.75 Å². The monoisotopic (exact) mass is 249 g/mol. The first kappa shape index (κ1) is 11.7. The Bertz CT molecular complexity index is 560. The van der Waals surface area contributed by atoms with Crippen molar-refractivity contribution in [3.8, 4) is 5.75 Å². The fraction of sp³-hybridized carbons (Fsp3) is 0.154. The third-order valence-electron chi connectivity index (χ3n) is 2.46. The topological polar surface area (TPSA) is 31.2 Å². The molecule has 0 amide bonds. The lowest BCUT2D eigenvalue weighted by atomic mass is 10.2. The van der Waals surface area contributed by atoms with Crippen molar-refractivity contribution < 1.29 is 4.74 Å². The fourth-order valence-electron chi connectivity index (χ4n) is 1.55. The highest BCUT2D eigenvalue weighted by molar-refractivity contribution is 6.30. The lowest BCUT2D eigenvalue weighted by Crippen LogP contribution is -2.18. The summed E-state index contributed by atoms with van der Waals surface area (Å²) in [5.74, 6) is 0.798. The standard InChI is InChI=1S/C13H12ClNO2/c1-17-12-5-2-10(3-6-12)8-15-9-11(14)4-7-13(15)16/h2-7,9H,8H2,1H3. The van der Waals surface area contributed by atoms with Gasteiger partial charge in [0.2, 0.25) is 0 Å². The molecule has 0 aliphatic heterocycles. The molecule has 0 N–H and O–H groups in total. The van der Waals surface area contributed by atoms with Gasteiger partial charge in [0.1, 0.15) is 5.75 Å². The van der Waals surface area contributed by atoms with E-state index in [1.54, 1.807) is 23.9 Å². The number of hydrogen-bond donors (Lipinski definition) is 0. The summed E-state index contributed by atoms with van der Waals surface area (Å²) in [6.45, 7) is 0.503. The van der Waals surface area contributed by atoms with Crippen LogP contribution in [-0.4, -0.2) is 11.7 Å². The second-order valence-electron chi connectivity index (χ2n) is 3.66. The minimum atomic E-state index is -0.0646. The van der Waals surface area contributed by atoms with Crippen LogP contribution in [0.15, 0.2) is 47.4 Å². The lowest BCUT2D eigenvalue weighted by molar-refractivity contribution is 0.414. The van der Waals surface area contributed by atoms with Gasteiger partial charge in [-0.15, -0.1) is 0 Å². The van der Waals surface area contributed by atoms with Crippen molar-refractivity contribution in [2.45, 2.75) is 6.54 Å². The van der Waals surface area contributed by atoms with Gasteiger partial charge in [-0.25, -0.2) is 0 Å². The Kier molecular flexibility index (Phi) is 3.49. The Hall–Kier alpha value is -1.74. The van der Waals surface area contributed by atoms with Gasteiger partial charge < -0.3 is 9.30 Å². The van der Waals surface area contributed by atoms with Crippen LogP contribution >= 0.6 is 11.6 Å². The molecule has 3 nitrogen and oxygen atoms in total. The van der Waals surface area contributed by atoms with Crippen molar-refractivity contribution in [3.63, 3.8) is 0 Å². The van der Waals surface area contributed by atoms with Crippen LogP contribution in [0.25, 0.3) is 0 Å². The maximum Gasteiger partial charge on any atom is 0.250 e. The SMILES string of the molecule is COc1ccc(Cn2cc(Cl)ccc2=O)cc1. The molecule has 0 aliphatic rings. The normalized spacial score (nSPS) is 10.2. The van der Waals surface area contributed by atoms with Crippen molar-refractivity contribution >= 4 is 11.6 Å². The summed E-state index contributed by atoms with van der Waals surface area (Å²) in [6, 6.07) is 10.6. The molecule has 0 saturated carbocycles. The summed E-state index contributed by atoms with van der Waals surface area (Å²) in [6.07, 6.45) is 1.63. The van der Waals surface area contributed by atoms with Gasteiger partial charge >= 0.3 is 0 Å². The molecule has 2 rings (SSSR count). The number of pyridine rings is 1. The zero-order valence-electron chi connectivity index (χ0n) is 9.39. The molecule has 0 saturated heterocycles. The summed E-state index contributed by atoms with van der Waals surface area (Å²) in [5, 5.41) is 0.554. The van der Waals surface area contributed by atoms with Crippen LogP contribution < -0.4 is 10.3 Å². The van der Waals surface area contributed by atoms with Gasteiger partial charge in [-0.3, -0.25) is 4.79 Å². The van der Waals surface area contributed by atoms with Crippen molar-refractivity contribution in [2.75, 3.05) is 7.11 Å². The maximum absolute atomic E-state index is 11.6. The average Bonchev–Trinajstić information content (AvgIpc) is 2.35. The van der Waals surface area contributed by atoms with Gasteiger partial charge in [0.15, 0.2) is 0 Å². The first-order valence-electron chi connectivity index (χ1n) is 5.18. The number of aromatic nitrogens is 1. The summed E-state index contributed by atoms with van der Waals surface area (Å²) in [7, 11) is 1.62. The predicted molar refractivity (Wildman–Crippen MR) is 67.8 cm³/mol. The van der Waals surface area contributed by atoms with Gasteiger partial charge in [0, 0.05) is 12.3 Å². The zero-order chi connectivity index (χ0) is 12.3. The number of halogens is 1. The van der Waals surface area contributed by atoms with E-state index in [9.17, 15) is 4.79 Å². The minimum absolute atomic E-state index is 0.0646. The Morgan fingerprint density at radius 1 is 1.18 bits per heavy atom. The minimum Gasteiger partial charge on any atom is -0.497 e. The molecule has 0 bridgehead atoms. The molecule has 1 heterocycles. The average molecular weight is 250 g/mol. The molecule has 0 radical (unpaired) electrons. The van der Waals surface area contributed by atoms with E-state index in [1.165, 1.54) is 6.07 Å². The Morgan fingerprint density at radius 3 is 2.53 bits per heavy atom. The van der Waals surface area contributed by atoms with E-state index in [0.717, 1.165) is 11.3 Å². The van der Waals surface area contributed by atoms with E-state index in [0.29, 0.717) is 11.6 Å². The summed E-state index contributed by atoms with van der Waals surface area (Å²) in [5.41, 5.74) is 0.959. The summed E-state index contributed by atoms with van der Waals surface area (Å²) in [4.78, 5) is 11.6. The summed E-state index contributed by atoms with van der Waals surface area (Å²) >= 11 is 5.85. The second-order valence-corrected chi connectivity index (χ2v) is 4.10. The number of benzene rings is 1. The third-order valence-corrected chi connectivity index (χ3v) is 2.68. The molecule has 0 aliphatic carbocycles. The predicted octanol–water partition coefficient (Wildman–Crippen LogP) is 2.56. The Morgan fingerprint density at radius 2 is 1.88 bits per heavy atom. The van der Waals surface area contributed by atoms with E-state index in [2.05, 4.69) is 0 Å². The molecule has 0 spiro atoms. The van der Waals surface area contributed by atoms with Crippen LogP contribution in [-0.2, 0) is 6.54 Å². The first-order valence-corrected chi connectivity index (χ1v) is 5.56. The number of nitrogens with zero attached hydrogens (tertiary/aromatic N) is 1. The van der Waals surface area contributed by atoms with E-state index in [1.807, 2.05) is 24.3 Å². The molecule has 1 aromatic heterocycles. The highest BCUT2D eigenvalue weighted by Crippen LogP contribution is 2.12. The lowest BCUT2D eigenvalue weighted by Gasteiger charge is -2.06. The highest BCUT2D eigenvalue weighted by atomic mass is 35.5. The zero-order valence-corrected chi connectivity index (χ0v) is 10.1. The molecule has 2 aromatic rings. The van der Waals surface area contributed by atoms with Gasteiger partial charge in [-0.05, 0) is 23.8 Å². The van der Waals surface area contributed by atoms with Crippen LogP contribution in [0.2, 0.25) is 5.02 Å². The molecule has 1 aromatic carbocycles. The van der Waals surface area contributed by atoms with Crippen LogP contribution in [0.3, 0.4) is 0 Å². The molecule has 88 valence electrons. The number of rotatable bonds is 3. The van der Waals surface area contributed by atoms with Gasteiger partial charge in [0.05, 0.1) is 18.7 Å². The van der Waals surface area contributed by atoms with Crippen molar-refractivity contribution in [1.29, 1.82) is 0 Å². The van der Waals surface area contributed by atoms with E-state index < -0.39 is 0 Å². The molecule has 0 unspecified atom stereocenters. The second kappa shape index (κ2) is 5.06. The molecule has 17 heavy (non-hydrogen) atoms. The van der Waals surface area contributed by atoms with Crippen LogP contribution in [0.4, 0.5) is 0 Å². The van der Waals surface area contributed by atoms with Gasteiger partial charge in [-0.1, -0.05) is 23.7 Å². The van der Waals surface area contributed by atoms with Crippen LogP contribution in [0, 0.1) is 0 Å². The Balaban J connectivity index is 2.25. The number of methoxy groups -OCH3 is 1. The van der Waals surface area contributed by atoms with E-state index >= 15 is 0 Å². The van der Waals surface area contributed by atoms with E-state index in [-0.39, 0.29) is 5.56 Å². The highest BCUT2D eigenvalue weighted by Gasteiger charge is 1.99. The number of hydrogen-bond acceptors (Lipinski definition) is 2. The van der Waals surface area contributed by atoms with Crippen molar-refractivity contribution in [1.82, 2.24) is 4.57 Å². The molecular weight excluding hydrogens is 238 g/mol. The van der Waals surface area contributed by atoms with Crippen molar-refractivity contribution in [2.24, 2.45) is 0 Å². The van der Waals surface area contributed by atoms with E-state index in [4.69, 9.17) is 16.3 Å². The summed E-state index contributed by atoms with van der Waals surface area (Å²) < 4.78 is 6.65.